The fourth-order valence-corrected chi connectivity index (χ4v) is 9.07. The number of furan rings is 2. The number of hydrogen-bond donors (Lipinski definition) is 0. The first kappa shape index (κ1) is 31.8. The highest BCUT2D eigenvalue weighted by Gasteiger charge is 2.23. The smallest absolute Gasteiger partial charge is 0.180 e. The lowest BCUT2D eigenvalue weighted by atomic mass is 10.0. The average Bonchev–Trinajstić information content (AvgIpc) is 3.97. The Morgan fingerprint density at radius 1 is 0.368 bits per heavy atom. The average molecular weight is 750 g/mol. The van der Waals surface area contributed by atoms with E-state index in [-0.39, 0.29) is 0 Å². The number of thiophene rings is 1. The lowest BCUT2D eigenvalue weighted by molar-refractivity contribution is 0.666. The van der Waals surface area contributed by atoms with Gasteiger partial charge in [-0.15, -0.1) is 11.3 Å². The van der Waals surface area contributed by atoms with Gasteiger partial charge in [0, 0.05) is 58.6 Å². The number of para-hydroxylation sites is 2. The molecular formula is C49H27N5O2S. The van der Waals surface area contributed by atoms with Crippen LogP contribution in [-0.2, 0) is 0 Å². The van der Waals surface area contributed by atoms with E-state index in [1.54, 1.807) is 11.3 Å². The van der Waals surface area contributed by atoms with E-state index in [4.69, 9.17) is 33.8 Å². The van der Waals surface area contributed by atoms with Crippen molar-refractivity contribution in [1.29, 1.82) is 0 Å². The highest BCUT2D eigenvalue weighted by atomic mass is 32.1. The van der Waals surface area contributed by atoms with Gasteiger partial charge < -0.3 is 8.83 Å². The van der Waals surface area contributed by atoms with Gasteiger partial charge in [0.05, 0.1) is 5.56 Å². The maximum Gasteiger partial charge on any atom is 0.180 e. The van der Waals surface area contributed by atoms with E-state index in [9.17, 15) is 0 Å². The number of aromatic nitrogens is 5. The molecule has 0 bridgehead atoms. The van der Waals surface area contributed by atoms with Gasteiger partial charge in [0.25, 0.3) is 0 Å². The van der Waals surface area contributed by atoms with E-state index < -0.39 is 0 Å². The van der Waals surface area contributed by atoms with Crippen molar-refractivity contribution in [3.8, 4) is 56.8 Å². The molecule has 266 valence electrons. The molecule has 7 aromatic carbocycles. The summed E-state index contributed by atoms with van der Waals surface area (Å²) in [4.78, 5) is 25.7. The van der Waals surface area contributed by atoms with Gasteiger partial charge in [-0.05, 0) is 36.4 Å². The Bertz CT molecular complexity index is 3540. The molecule has 0 N–H and O–H groups in total. The zero-order chi connectivity index (χ0) is 37.5. The quantitative estimate of drug-likeness (QED) is 0.173. The first-order valence-corrected chi connectivity index (χ1v) is 19.5. The van der Waals surface area contributed by atoms with Gasteiger partial charge >= 0.3 is 0 Å². The van der Waals surface area contributed by atoms with E-state index in [1.165, 1.54) is 20.2 Å². The molecule has 0 aliphatic rings. The van der Waals surface area contributed by atoms with E-state index in [0.717, 1.165) is 60.8 Å². The number of fused-ring (bicyclic) bond motifs is 9. The molecule has 0 aliphatic carbocycles. The van der Waals surface area contributed by atoms with Crippen molar-refractivity contribution >= 4 is 75.5 Å². The van der Waals surface area contributed by atoms with Crippen molar-refractivity contribution < 1.29 is 8.83 Å². The number of nitrogens with zero attached hydrogens (tertiary/aromatic N) is 5. The summed E-state index contributed by atoms with van der Waals surface area (Å²) in [6.07, 6.45) is 0. The van der Waals surface area contributed by atoms with E-state index in [1.807, 2.05) is 109 Å². The first-order valence-electron chi connectivity index (χ1n) is 18.7. The predicted molar refractivity (Wildman–Crippen MR) is 230 cm³/mol. The minimum Gasteiger partial charge on any atom is -0.455 e. The first-order chi connectivity index (χ1) is 28.2. The zero-order valence-electron chi connectivity index (χ0n) is 30.0. The highest BCUT2D eigenvalue weighted by molar-refractivity contribution is 7.25. The SMILES string of the molecule is c1ccc(-c2nc(-c3ccc4c(c3)sc3ccccc34)nc(-c3cccc4oc5c(-c6nc(-c7ccccc7)c7oc8ccccc8c7n6)cccc5c34)n2)cc1. The molecule has 7 nitrogen and oxygen atoms in total. The Labute approximate surface area is 328 Å². The predicted octanol–water partition coefficient (Wildman–Crippen LogP) is 13.2. The summed E-state index contributed by atoms with van der Waals surface area (Å²) in [5, 5.41) is 5.22. The molecule has 0 saturated heterocycles. The Balaban J connectivity index is 1.07. The highest BCUT2D eigenvalue weighted by Crippen LogP contribution is 2.42. The Morgan fingerprint density at radius 2 is 0.982 bits per heavy atom. The van der Waals surface area contributed by atoms with Crippen LogP contribution < -0.4 is 0 Å². The van der Waals surface area contributed by atoms with Crippen molar-refractivity contribution in [2.45, 2.75) is 0 Å². The number of rotatable bonds is 5. The number of hydrogen-bond acceptors (Lipinski definition) is 8. The fraction of sp³-hybridized carbons (Fsp3) is 0. The monoisotopic (exact) mass is 749 g/mol. The van der Waals surface area contributed by atoms with Crippen LogP contribution in [0.5, 0.6) is 0 Å². The van der Waals surface area contributed by atoms with Crippen LogP contribution in [0.15, 0.2) is 173 Å². The fourth-order valence-electron chi connectivity index (χ4n) is 7.92. The van der Waals surface area contributed by atoms with Crippen LogP contribution in [0.25, 0.3) is 121 Å². The summed E-state index contributed by atoms with van der Waals surface area (Å²) in [6, 6.07) is 55.3. The Morgan fingerprint density at radius 3 is 1.84 bits per heavy atom. The normalized spacial score (nSPS) is 11.9. The molecule has 0 fully saturated rings. The summed E-state index contributed by atoms with van der Waals surface area (Å²) in [7, 11) is 0. The van der Waals surface area contributed by atoms with Gasteiger partial charge in [-0.3, -0.25) is 0 Å². The molecule has 0 spiro atoms. The minimum absolute atomic E-state index is 0.546. The Hall–Kier alpha value is -7.55. The molecular weight excluding hydrogens is 723 g/mol. The lowest BCUT2D eigenvalue weighted by Gasteiger charge is -2.09. The second-order valence-electron chi connectivity index (χ2n) is 14.0. The molecule has 0 unspecified atom stereocenters. The zero-order valence-corrected chi connectivity index (χ0v) is 30.9. The maximum absolute atomic E-state index is 6.76. The van der Waals surface area contributed by atoms with Crippen LogP contribution in [0.4, 0.5) is 0 Å². The summed E-state index contributed by atoms with van der Waals surface area (Å²) in [6.45, 7) is 0. The van der Waals surface area contributed by atoms with Crippen LogP contribution in [0.2, 0.25) is 0 Å². The standard InChI is InChI=1S/C49H27N5O2S/c1-3-13-28(14-4-1)42-45-43(33-18-7-9-22-37(33)55-45)51-49(50-42)36-21-11-19-34-41-35(20-12-23-38(41)56-44(34)36)48-53-46(29-15-5-2-6-16-29)52-47(54-48)30-25-26-32-31-17-8-10-24-39(31)57-40(32)27-30/h1-27H. The molecule has 12 aromatic rings. The van der Waals surface area contributed by atoms with Gasteiger partial charge in [0.1, 0.15) is 28.0 Å². The largest absolute Gasteiger partial charge is 0.455 e. The number of benzene rings is 7. The molecule has 5 aromatic heterocycles. The molecule has 57 heavy (non-hydrogen) atoms. The van der Waals surface area contributed by atoms with E-state index in [0.29, 0.717) is 40.0 Å². The van der Waals surface area contributed by atoms with Crippen LogP contribution in [0, 0.1) is 0 Å². The summed E-state index contributed by atoms with van der Waals surface area (Å²) in [5.74, 6) is 2.30. The molecule has 0 radical (unpaired) electrons. The van der Waals surface area contributed by atoms with Crippen molar-refractivity contribution in [3.05, 3.63) is 164 Å². The summed E-state index contributed by atoms with van der Waals surface area (Å²) >= 11 is 1.78. The van der Waals surface area contributed by atoms with Crippen molar-refractivity contribution in [1.82, 2.24) is 24.9 Å². The molecule has 0 atom stereocenters. The van der Waals surface area contributed by atoms with Gasteiger partial charge in [-0.1, -0.05) is 127 Å². The van der Waals surface area contributed by atoms with E-state index >= 15 is 0 Å². The third-order valence-corrected chi connectivity index (χ3v) is 11.7. The van der Waals surface area contributed by atoms with Crippen molar-refractivity contribution in [2.24, 2.45) is 0 Å². The summed E-state index contributed by atoms with van der Waals surface area (Å²) < 4.78 is 15.6. The molecule has 0 aliphatic heterocycles. The maximum atomic E-state index is 6.76. The van der Waals surface area contributed by atoms with Crippen LogP contribution in [-0.4, -0.2) is 24.9 Å². The molecule has 12 rings (SSSR count). The van der Waals surface area contributed by atoms with Crippen LogP contribution >= 0.6 is 11.3 Å². The molecule has 0 amide bonds. The minimum atomic E-state index is 0.546. The molecule has 8 heteroatoms. The molecule has 5 heterocycles. The second kappa shape index (κ2) is 12.5. The van der Waals surface area contributed by atoms with Gasteiger partial charge in [0.15, 0.2) is 28.9 Å². The van der Waals surface area contributed by atoms with E-state index in [2.05, 4.69) is 54.6 Å². The van der Waals surface area contributed by atoms with Crippen molar-refractivity contribution in [3.63, 3.8) is 0 Å². The van der Waals surface area contributed by atoms with Gasteiger partial charge in [0.2, 0.25) is 0 Å². The van der Waals surface area contributed by atoms with Crippen LogP contribution in [0.3, 0.4) is 0 Å². The van der Waals surface area contributed by atoms with Gasteiger partial charge in [-0.2, -0.15) is 0 Å². The Kier molecular flexibility index (Phi) is 6.96. The lowest BCUT2D eigenvalue weighted by Crippen LogP contribution is -2.00. The molecule has 0 saturated carbocycles. The third kappa shape index (κ3) is 5.08. The third-order valence-electron chi connectivity index (χ3n) is 10.6. The van der Waals surface area contributed by atoms with Crippen molar-refractivity contribution in [2.75, 3.05) is 0 Å². The van der Waals surface area contributed by atoms with Gasteiger partial charge in [-0.25, -0.2) is 24.9 Å². The van der Waals surface area contributed by atoms with Crippen LogP contribution in [0.1, 0.15) is 0 Å². The topological polar surface area (TPSA) is 90.7 Å². The summed E-state index contributed by atoms with van der Waals surface area (Å²) in [5.41, 5.74) is 8.67. The second-order valence-corrected chi connectivity index (χ2v) is 15.1.